The molecule has 0 fully saturated rings. The van der Waals surface area contributed by atoms with E-state index in [0.717, 1.165) is 17.0 Å². The summed E-state index contributed by atoms with van der Waals surface area (Å²) < 4.78 is 1.93. The highest BCUT2D eigenvalue weighted by Crippen LogP contribution is 2.14. The van der Waals surface area contributed by atoms with Gasteiger partial charge >= 0.3 is 0 Å². The summed E-state index contributed by atoms with van der Waals surface area (Å²) in [5.41, 5.74) is 3.14. The first-order valence-electron chi connectivity index (χ1n) is 4.77. The Kier molecular flexibility index (Phi) is 2.73. The topological polar surface area (TPSA) is 30.7 Å². The molecule has 0 atom stereocenters. The lowest BCUT2D eigenvalue weighted by atomic mass is 10.3. The molecule has 4 heteroatoms. The molecule has 78 valence electrons. The summed E-state index contributed by atoms with van der Waals surface area (Å²) in [5.74, 6) is 0. The summed E-state index contributed by atoms with van der Waals surface area (Å²) in [6.07, 6.45) is 1.69. The van der Waals surface area contributed by atoms with Gasteiger partial charge in [-0.2, -0.15) is 5.10 Å². The van der Waals surface area contributed by atoms with Gasteiger partial charge in [-0.05, 0) is 26.0 Å². The molecule has 2 aromatic rings. The molecule has 0 unspecified atom stereocenters. The number of hydrogen-bond acceptors (Lipinski definition) is 2. The lowest BCUT2D eigenvalue weighted by Gasteiger charge is -2.05. The normalized spacial score (nSPS) is 10.6. The van der Waals surface area contributed by atoms with Crippen LogP contribution < -0.4 is 0 Å². The van der Waals surface area contributed by atoms with E-state index >= 15 is 0 Å². The van der Waals surface area contributed by atoms with Gasteiger partial charge in [-0.15, -0.1) is 0 Å². The molecule has 0 aliphatic heterocycles. The van der Waals surface area contributed by atoms with Crippen LogP contribution in [0.4, 0.5) is 0 Å². The smallest absolute Gasteiger partial charge is 0.134 e. The fourth-order valence-electron chi connectivity index (χ4n) is 1.53. The van der Waals surface area contributed by atoms with Gasteiger partial charge in [-0.1, -0.05) is 17.7 Å². The number of aromatic nitrogens is 3. The van der Waals surface area contributed by atoms with Crippen LogP contribution in [0.3, 0.4) is 0 Å². The van der Waals surface area contributed by atoms with Crippen molar-refractivity contribution in [1.29, 1.82) is 0 Å². The molecule has 15 heavy (non-hydrogen) atoms. The SMILES string of the molecule is Cc1cc(C)n(Cc2cccnc2Cl)n1. The first-order valence-corrected chi connectivity index (χ1v) is 5.15. The minimum absolute atomic E-state index is 0.546. The number of nitrogens with zero attached hydrogens (tertiary/aromatic N) is 3. The molecule has 2 heterocycles. The van der Waals surface area contributed by atoms with E-state index in [0.29, 0.717) is 11.7 Å². The highest BCUT2D eigenvalue weighted by Gasteiger charge is 2.05. The molecule has 0 N–H and O–H groups in total. The molecule has 0 radical (unpaired) electrons. The van der Waals surface area contributed by atoms with Gasteiger partial charge in [-0.25, -0.2) is 4.98 Å². The summed E-state index contributed by atoms with van der Waals surface area (Å²) in [7, 11) is 0. The molecule has 3 nitrogen and oxygen atoms in total. The van der Waals surface area contributed by atoms with Crippen molar-refractivity contribution in [3.8, 4) is 0 Å². The minimum Gasteiger partial charge on any atom is -0.265 e. The van der Waals surface area contributed by atoms with Crippen LogP contribution in [0.5, 0.6) is 0 Å². The van der Waals surface area contributed by atoms with Crippen LogP contribution in [0.1, 0.15) is 17.0 Å². The van der Waals surface area contributed by atoms with Crippen molar-refractivity contribution in [1.82, 2.24) is 14.8 Å². The molecular formula is C11H12ClN3. The monoisotopic (exact) mass is 221 g/mol. The second-order valence-electron chi connectivity index (χ2n) is 3.54. The Morgan fingerprint density at radius 2 is 2.20 bits per heavy atom. The zero-order valence-electron chi connectivity index (χ0n) is 8.74. The molecule has 0 spiro atoms. The van der Waals surface area contributed by atoms with Crippen molar-refractivity contribution >= 4 is 11.6 Å². The summed E-state index contributed by atoms with van der Waals surface area (Å²) in [6.45, 7) is 4.69. The van der Waals surface area contributed by atoms with Gasteiger partial charge in [-0.3, -0.25) is 4.68 Å². The molecule has 0 aromatic carbocycles. The summed E-state index contributed by atoms with van der Waals surface area (Å²) in [6, 6.07) is 5.89. The van der Waals surface area contributed by atoms with Crippen molar-refractivity contribution < 1.29 is 0 Å². The zero-order valence-corrected chi connectivity index (χ0v) is 9.49. The number of aryl methyl sites for hydroxylation is 2. The van der Waals surface area contributed by atoms with Crippen molar-refractivity contribution in [3.05, 3.63) is 46.5 Å². The highest BCUT2D eigenvalue weighted by atomic mass is 35.5. The van der Waals surface area contributed by atoms with Crippen molar-refractivity contribution in [2.45, 2.75) is 20.4 Å². The first kappa shape index (κ1) is 10.2. The Bertz CT molecular complexity index is 476. The van der Waals surface area contributed by atoms with Crippen LogP contribution in [0.15, 0.2) is 24.4 Å². The van der Waals surface area contributed by atoms with E-state index in [2.05, 4.69) is 10.1 Å². The third-order valence-electron chi connectivity index (χ3n) is 2.26. The molecule has 2 rings (SSSR count). The molecule has 2 aromatic heterocycles. The molecule has 0 aliphatic carbocycles. The van der Waals surface area contributed by atoms with E-state index in [-0.39, 0.29) is 0 Å². The van der Waals surface area contributed by atoms with Gasteiger partial charge < -0.3 is 0 Å². The Morgan fingerprint density at radius 1 is 1.40 bits per heavy atom. The maximum atomic E-state index is 5.98. The standard InChI is InChI=1S/C11H12ClN3/c1-8-6-9(2)15(14-8)7-10-4-3-5-13-11(10)12/h3-6H,7H2,1-2H3. The van der Waals surface area contributed by atoms with E-state index in [9.17, 15) is 0 Å². The van der Waals surface area contributed by atoms with Gasteiger partial charge in [0.05, 0.1) is 12.2 Å². The Hall–Kier alpha value is -1.35. The van der Waals surface area contributed by atoms with Gasteiger partial charge in [0, 0.05) is 17.5 Å². The quantitative estimate of drug-likeness (QED) is 0.730. The fourth-order valence-corrected chi connectivity index (χ4v) is 1.71. The summed E-state index contributed by atoms with van der Waals surface area (Å²) in [5, 5.41) is 4.92. The maximum Gasteiger partial charge on any atom is 0.134 e. The molecule has 0 saturated carbocycles. The van der Waals surface area contributed by atoms with Gasteiger partial charge in [0.1, 0.15) is 5.15 Å². The van der Waals surface area contributed by atoms with Gasteiger partial charge in [0.15, 0.2) is 0 Å². The summed E-state index contributed by atoms with van der Waals surface area (Å²) in [4.78, 5) is 4.04. The van der Waals surface area contributed by atoms with Crippen molar-refractivity contribution in [2.24, 2.45) is 0 Å². The lowest BCUT2D eigenvalue weighted by molar-refractivity contribution is 0.657. The fraction of sp³-hybridized carbons (Fsp3) is 0.273. The Balaban J connectivity index is 2.29. The van der Waals surface area contributed by atoms with Crippen LogP contribution in [-0.4, -0.2) is 14.8 Å². The lowest BCUT2D eigenvalue weighted by Crippen LogP contribution is -2.04. The van der Waals surface area contributed by atoms with Gasteiger partial charge in [0.25, 0.3) is 0 Å². The van der Waals surface area contributed by atoms with Crippen LogP contribution >= 0.6 is 11.6 Å². The van der Waals surface area contributed by atoms with E-state index < -0.39 is 0 Å². The average Bonchev–Trinajstić information content (AvgIpc) is 2.49. The molecule has 0 amide bonds. The third-order valence-corrected chi connectivity index (χ3v) is 2.60. The number of halogens is 1. The largest absolute Gasteiger partial charge is 0.265 e. The minimum atomic E-state index is 0.546. The number of rotatable bonds is 2. The van der Waals surface area contributed by atoms with Crippen molar-refractivity contribution in [3.63, 3.8) is 0 Å². The molecule has 0 aliphatic rings. The van der Waals surface area contributed by atoms with Crippen LogP contribution in [0.25, 0.3) is 0 Å². The molecule has 0 bridgehead atoms. The van der Waals surface area contributed by atoms with E-state index in [1.54, 1.807) is 6.20 Å². The zero-order chi connectivity index (χ0) is 10.8. The predicted molar refractivity (Wildman–Crippen MR) is 60.1 cm³/mol. The second-order valence-corrected chi connectivity index (χ2v) is 3.90. The van der Waals surface area contributed by atoms with Crippen LogP contribution in [0, 0.1) is 13.8 Å². The van der Waals surface area contributed by atoms with E-state index in [1.165, 1.54) is 0 Å². The first-order chi connectivity index (χ1) is 7.16. The van der Waals surface area contributed by atoms with E-state index in [4.69, 9.17) is 11.6 Å². The third kappa shape index (κ3) is 2.18. The number of pyridine rings is 1. The predicted octanol–water partition coefficient (Wildman–Crippen LogP) is 2.60. The van der Waals surface area contributed by atoms with Crippen LogP contribution in [0.2, 0.25) is 5.15 Å². The highest BCUT2D eigenvalue weighted by molar-refractivity contribution is 6.30. The van der Waals surface area contributed by atoms with E-state index in [1.807, 2.05) is 36.7 Å². The molecule has 0 saturated heterocycles. The maximum absolute atomic E-state index is 5.98. The Morgan fingerprint density at radius 3 is 2.80 bits per heavy atom. The average molecular weight is 222 g/mol. The van der Waals surface area contributed by atoms with Crippen LogP contribution in [-0.2, 0) is 6.54 Å². The second kappa shape index (κ2) is 4.03. The Labute approximate surface area is 93.7 Å². The molecular weight excluding hydrogens is 210 g/mol. The van der Waals surface area contributed by atoms with Gasteiger partial charge in [0.2, 0.25) is 0 Å². The summed E-state index contributed by atoms with van der Waals surface area (Å²) >= 11 is 5.98. The number of hydrogen-bond donors (Lipinski definition) is 0. The van der Waals surface area contributed by atoms with Crippen molar-refractivity contribution in [2.75, 3.05) is 0 Å².